The molecule has 1 atom stereocenters. The zero-order valence-corrected chi connectivity index (χ0v) is 12.6. The highest BCUT2D eigenvalue weighted by Gasteiger charge is 2.17. The fourth-order valence-corrected chi connectivity index (χ4v) is 2.45. The topological polar surface area (TPSA) is 98.5 Å². The number of phenols is 1. The number of aliphatic hydroxyl groups is 2. The highest BCUT2D eigenvalue weighted by atomic mass is 19.1. The number of halogens is 1. The number of anilines is 1. The molecule has 4 N–H and O–H groups in total. The number of aromatic hydroxyl groups is 1. The van der Waals surface area contributed by atoms with E-state index in [2.05, 4.69) is 15.5 Å². The van der Waals surface area contributed by atoms with E-state index in [-0.39, 0.29) is 30.2 Å². The molecule has 1 aromatic heterocycles. The molecule has 6 nitrogen and oxygen atoms in total. The second kappa shape index (κ2) is 6.77. The first-order chi connectivity index (χ1) is 11.6. The summed E-state index contributed by atoms with van der Waals surface area (Å²) in [5.41, 5.74) is 0.220. The van der Waals surface area contributed by atoms with E-state index in [1.165, 1.54) is 18.2 Å². The normalized spacial score (nSPS) is 12.3. The first kappa shape index (κ1) is 16.1. The van der Waals surface area contributed by atoms with E-state index < -0.39 is 11.9 Å². The Balaban J connectivity index is 2.12. The molecule has 0 aliphatic rings. The van der Waals surface area contributed by atoms with Crippen LogP contribution >= 0.6 is 0 Å². The number of phenolic OH excluding ortho intramolecular Hbond substituents is 1. The molecule has 2 aromatic carbocycles. The largest absolute Gasteiger partial charge is 0.507 e. The van der Waals surface area contributed by atoms with Crippen LogP contribution in [0.3, 0.4) is 0 Å². The molecular formula is C17H16FN3O3. The SMILES string of the molecule is OCC(O)CNc1nnc(-c2c(O)cccc2F)c2ccccc12. The van der Waals surface area contributed by atoms with Crippen molar-refractivity contribution < 1.29 is 19.7 Å². The quantitative estimate of drug-likeness (QED) is 0.571. The molecule has 0 saturated carbocycles. The zero-order valence-electron chi connectivity index (χ0n) is 12.6. The summed E-state index contributed by atoms with van der Waals surface area (Å²) in [4.78, 5) is 0. The molecule has 0 amide bonds. The van der Waals surface area contributed by atoms with E-state index in [9.17, 15) is 14.6 Å². The van der Waals surface area contributed by atoms with E-state index in [0.29, 0.717) is 16.6 Å². The highest BCUT2D eigenvalue weighted by Crippen LogP contribution is 2.36. The molecule has 24 heavy (non-hydrogen) atoms. The van der Waals surface area contributed by atoms with Crippen LogP contribution in [0.2, 0.25) is 0 Å². The van der Waals surface area contributed by atoms with Crippen LogP contribution in [0.1, 0.15) is 0 Å². The maximum Gasteiger partial charge on any atom is 0.156 e. The average molecular weight is 329 g/mol. The lowest BCUT2D eigenvalue weighted by Crippen LogP contribution is -2.23. The van der Waals surface area contributed by atoms with Crippen molar-refractivity contribution in [2.75, 3.05) is 18.5 Å². The molecule has 3 rings (SSSR count). The van der Waals surface area contributed by atoms with Gasteiger partial charge in [-0.3, -0.25) is 0 Å². The molecule has 0 spiro atoms. The van der Waals surface area contributed by atoms with Crippen LogP contribution in [0.15, 0.2) is 42.5 Å². The average Bonchev–Trinajstić information content (AvgIpc) is 2.60. The standard InChI is InChI=1S/C17H16FN3O3/c18-13-6-3-7-14(24)15(13)16-11-4-1-2-5-12(11)17(21-20-16)19-8-10(23)9-22/h1-7,10,22-24H,8-9H2,(H,19,21). The van der Waals surface area contributed by atoms with Gasteiger partial charge in [0.05, 0.1) is 18.3 Å². The number of aliphatic hydroxyl groups excluding tert-OH is 2. The Morgan fingerprint density at radius 1 is 1.04 bits per heavy atom. The summed E-state index contributed by atoms with van der Waals surface area (Å²) in [6.45, 7) is -0.279. The Labute approximate surface area is 137 Å². The van der Waals surface area contributed by atoms with Crippen molar-refractivity contribution in [1.82, 2.24) is 10.2 Å². The smallest absolute Gasteiger partial charge is 0.156 e. The summed E-state index contributed by atoms with van der Waals surface area (Å²) in [6.07, 6.45) is -0.930. The van der Waals surface area contributed by atoms with Crippen LogP contribution in [-0.2, 0) is 0 Å². The second-order valence-corrected chi connectivity index (χ2v) is 5.29. The van der Waals surface area contributed by atoms with Gasteiger partial charge in [-0.1, -0.05) is 30.3 Å². The molecular weight excluding hydrogens is 313 g/mol. The fourth-order valence-electron chi connectivity index (χ4n) is 2.45. The Kier molecular flexibility index (Phi) is 4.54. The molecule has 0 saturated heterocycles. The van der Waals surface area contributed by atoms with Gasteiger partial charge in [0.25, 0.3) is 0 Å². The van der Waals surface area contributed by atoms with Gasteiger partial charge in [0.1, 0.15) is 17.3 Å². The molecule has 0 fully saturated rings. The molecule has 7 heteroatoms. The summed E-state index contributed by atoms with van der Waals surface area (Å²) in [5, 5.41) is 40.6. The van der Waals surface area contributed by atoms with Gasteiger partial charge in [-0.15, -0.1) is 10.2 Å². The van der Waals surface area contributed by atoms with Crippen LogP contribution in [0, 0.1) is 5.82 Å². The molecule has 1 heterocycles. The van der Waals surface area contributed by atoms with E-state index in [0.717, 1.165) is 0 Å². The number of benzene rings is 2. The first-order valence-corrected chi connectivity index (χ1v) is 7.38. The molecule has 124 valence electrons. The second-order valence-electron chi connectivity index (χ2n) is 5.29. The number of fused-ring (bicyclic) bond motifs is 1. The lowest BCUT2D eigenvalue weighted by atomic mass is 10.0. The van der Waals surface area contributed by atoms with Gasteiger partial charge < -0.3 is 20.6 Å². The Bertz CT molecular complexity index is 853. The van der Waals surface area contributed by atoms with Gasteiger partial charge >= 0.3 is 0 Å². The molecule has 3 aromatic rings. The number of aromatic nitrogens is 2. The number of hydrogen-bond acceptors (Lipinski definition) is 6. The predicted octanol–water partition coefficient (Wildman–Crippen LogP) is 1.91. The van der Waals surface area contributed by atoms with Crippen molar-refractivity contribution in [3.8, 4) is 17.0 Å². The van der Waals surface area contributed by atoms with Crippen molar-refractivity contribution in [3.63, 3.8) is 0 Å². The van der Waals surface area contributed by atoms with Gasteiger partial charge in [0.15, 0.2) is 5.82 Å². The summed E-state index contributed by atoms with van der Waals surface area (Å²) < 4.78 is 14.2. The van der Waals surface area contributed by atoms with E-state index >= 15 is 0 Å². The van der Waals surface area contributed by atoms with Crippen molar-refractivity contribution >= 4 is 16.6 Å². The third-order valence-corrected chi connectivity index (χ3v) is 3.63. The minimum absolute atomic E-state index is 0.0110. The van der Waals surface area contributed by atoms with Crippen LogP contribution in [0.5, 0.6) is 5.75 Å². The maximum absolute atomic E-state index is 14.2. The first-order valence-electron chi connectivity index (χ1n) is 7.38. The Morgan fingerprint density at radius 3 is 2.50 bits per heavy atom. The highest BCUT2D eigenvalue weighted by molar-refractivity contribution is 6.00. The fraction of sp³-hybridized carbons (Fsp3) is 0.176. The van der Waals surface area contributed by atoms with E-state index in [1.54, 1.807) is 24.3 Å². The minimum Gasteiger partial charge on any atom is -0.507 e. The van der Waals surface area contributed by atoms with Crippen molar-refractivity contribution in [2.24, 2.45) is 0 Å². The maximum atomic E-state index is 14.2. The van der Waals surface area contributed by atoms with Gasteiger partial charge in [-0.25, -0.2) is 4.39 Å². The summed E-state index contributed by atoms with van der Waals surface area (Å²) in [5.74, 6) is -0.408. The van der Waals surface area contributed by atoms with Crippen LogP contribution < -0.4 is 5.32 Å². The van der Waals surface area contributed by atoms with Gasteiger partial charge in [-0.2, -0.15) is 0 Å². The number of rotatable bonds is 5. The summed E-state index contributed by atoms with van der Waals surface area (Å²) in [7, 11) is 0. The van der Waals surface area contributed by atoms with Gasteiger partial charge in [0.2, 0.25) is 0 Å². The predicted molar refractivity (Wildman–Crippen MR) is 88.2 cm³/mol. The molecule has 0 aliphatic carbocycles. The Hall–Kier alpha value is -2.77. The molecule has 0 aliphatic heterocycles. The van der Waals surface area contributed by atoms with Crippen LogP contribution in [-0.4, -0.2) is 44.8 Å². The van der Waals surface area contributed by atoms with Gasteiger partial charge in [-0.05, 0) is 12.1 Å². The lowest BCUT2D eigenvalue weighted by molar-refractivity contribution is 0.105. The monoisotopic (exact) mass is 329 g/mol. The van der Waals surface area contributed by atoms with E-state index in [1.807, 2.05) is 0 Å². The van der Waals surface area contributed by atoms with Crippen molar-refractivity contribution in [3.05, 3.63) is 48.3 Å². The van der Waals surface area contributed by atoms with Crippen LogP contribution in [0.25, 0.3) is 22.0 Å². The number of nitrogens with zero attached hydrogens (tertiary/aromatic N) is 2. The van der Waals surface area contributed by atoms with Gasteiger partial charge in [0, 0.05) is 17.3 Å². The zero-order chi connectivity index (χ0) is 17.1. The van der Waals surface area contributed by atoms with Crippen LogP contribution in [0.4, 0.5) is 10.2 Å². The minimum atomic E-state index is -0.930. The lowest BCUT2D eigenvalue weighted by Gasteiger charge is -2.13. The molecule has 1 unspecified atom stereocenters. The molecule has 0 bridgehead atoms. The Morgan fingerprint density at radius 2 is 1.79 bits per heavy atom. The molecule has 0 radical (unpaired) electrons. The summed E-state index contributed by atoms with van der Waals surface area (Å²) >= 11 is 0. The third-order valence-electron chi connectivity index (χ3n) is 3.63. The summed E-state index contributed by atoms with van der Waals surface area (Å²) in [6, 6.07) is 11.1. The van der Waals surface area contributed by atoms with Crippen molar-refractivity contribution in [1.29, 1.82) is 0 Å². The van der Waals surface area contributed by atoms with E-state index in [4.69, 9.17) is 5.11 Å². The number of hydrogen-bond donors (Lipinski definition) is 4. The number of nitrogens with one attached hydrogen (secondary N) is 1. The van der Waals surface area contributed by atoms with Crippen molar-refractivity contribution in [2.45, 2.75) is 6.10 Å². The third kappa shape index (κ3) is 2.99.